The van der Waals surface area contributed by atoms with Crippen molar-refractivity contribution >= 4 is 17.5 Å². The molecule has 1 aromatic carbocycles. The van der Waals surface area contributed by atoms with Gasteiger partial charge in [-0.15, -0.1) is 0 Å². The van der Waals surface area contributed by atoms with Crippen LogP contribution in [-0.2, 0) is 9.59 Å². The minimum Gasteiger partial charge on any atom is -0.493 e. The summed E-state index contributed by atoms with van der Waals surface area (Å²) in [5.74, 6) is 1.11. The fraction of sp³-hybridized carbons (Fsp3) is 0.556. The predicted molar refractivity (Wildman–Crippen MR) is 93.8 cm³/mol. The van der Waals surface area contributed by atoms with Crippen LogP contribution >= 0.6 is 0 Å². The highest BCUT2D eigenvalue weighted by Gasteiger charge is 2.29. The Kier molecular flexibility index (Phi) is 5.43. The van der Waals surface area contributed by atoms with Crippen LogP contribution in [0.25, 0.3) is 0 Å². The number of carbonyl (C=O) groups is 2. The second-order valence-corrected chi connectivity index (χ2v) is 6.69. The first kappa shape index (κ1) is 17.5. The topological polar surface area (TPSA) is 88.7 Å². The fourth-order valence-corrected chi connectivity index (χ4v) is 2.64. The van der Waals surface area contributed by atoms with E-state index in [1.54, 1.807) is 18.2 Å². The van der Waals surface area contributed by atoms with Crippen LogP contribution < -0.4 is 25.4 Å². The van der Waals surface area contributed by atoms with E-state index in [0.717, 1.165) is 25.9 Å². The average Bonchev–Trinajstić information content (AvgIpc) is 3.35. The summed E-state index contributed by atoms with van der Waals surface area (Å²) in [5.41, 5.74) is 0.627. The van der Waals surface area contributed by atoms with E-state index in [1.165, 1.54) is 7.11 Å². The summed E-state index contributed by atoms with van der Waals surface area (Å²) in [5, 5.41) is 8.95. The van der Waals surface area contributed by atoms with Gasteiger partial charge in [0, 0.05) is 23.7 Å². The van der Waals surface area contributed by atoms with Gasteiger partial charge in [-0.1, -0.05) is 6.92 Å². The zero-order valence-corrected chi connectivity index (χ0v) is 14.6. The Labute approximate surface area is 147 Å². The number of anilines is 1. The van der Waals surface area contributed by atoms with Crippen LogP contribution in [0.2, 0.25) is 0 Å². The van der Waals surface area contributed by atoms with Gasteiger partial charge in [-0.3, -0.25) is 9.59 Å². The van der Waals surface area contributed by atoms with E-state index < -0.39 is 0 Å². The highest BCUT2D eigenvalue weighted by atomic mass is 16.5. The summed E-state index contributed by atoms with van der Waals surface area (Å²) in [6.45, 7) is 3.61. The number of rotatable bonds is 8. The molecule has 0 radical (unpaired) electrons. The molecule has 3 N–H and O–H groups in total. The maximum absolute atomic E-state index is 12.3. The van der Waals surface area contributed by atoms with Crippen molar-refractivity contribution < 1.29 is 19.1 Å². The number of ether oxygens (including phenoxy) is 2. The Morgan fingerprint density at radius 1 is 1.28 bits per heavy atom. The van der Waals surface area contributed by atoms with E-state index in [2.05, 4.69) is 16.0 Å². The number of carbonyl (C=O) groups excluding carboxylic acids is 2. The van der Waals surface area contributed by atoms with Crippen molar-refractivity contribution in [3.63, 3.8) is 0 Å². The van der Waals surface area contributed by atoms with Gasteiger partial charge in [0.15, 0.2) is 18.1 Å². The second kappa shape index (κ2) is 7.74. The Hall–Kier alpha value is -2.28. The third-order valence-corrected chi connectivity index (χ3v) is 4.67. The summed E-state index contributed by atoms with van der Waals surface area (Å²) >= 11 is 0. The van der Waals surface area contributed by atoms with Gasteiger partial charge in [0.05, 0.1) is 7.11 Å². The van der Waals surface area contributed by atoms with Gasteiger partial charge in [-0.2, -0.15) is 0 Å². The summed E-state index contributed by atoms with van der Waals surface area (Å²) in [7, 11) is 1.54. The largest absolute Gasteiger partial charge is 0.493 e. The lowest BCUT2D eigenvalue weighted by atomic mass is 9.88. The minimum absolute atomic E-state index is 0.0194. The first-order valence-corrected chi connectivity index (χ1v) is 8.68. The summed E-state index contributed by atoms with van der Waals surface area (Å²) in [4.78, 5) is 24.1. The third kappa shape index (κ3) is 4.63. The zero-order chi connectivity index (χ0) is 17.8. The van der Waals surface area contributed by atoms with E-state index in [1.807, 2.05) is 6.92 Å². The summed E-state index contributed by atoms with van der Waals surface area (Å²) in [6.07, 6.45) is 2.07. The van der Waals surface area contributed by atoms with Crippen molar-refractivity contribution in [3.05, 3.63) is 18.2 Å². The zero-order valence-electron chi connectivity index (χ0n) is 14.6. The van der Waals surface area contributed by atoms with Crippen molar-refractivity contribution in [2.75, 3.05) is 32.1 Å². The van der Waals surface area contributed by atoms with E-state index in [0.29, 0.717) is 29.1 Å². The van der Waals surface area contributed by atoms with Crippen LogP contribution in [0, 0.1) is 11.8 Å². The lowest BCUT2D eigenvalue weighted by molar-refractivity contribution is -0.123. The normalized spacial score (nSPS) is 18.0. The second-order valence-electron chi connectivity index (χ2n) is 6.69. The van der Waals surface area contributed by atoms with E-state index in [4.69, 9.17) is 9.47 Å². The molecule has 1 aliphatic heterocycles. The molecule has 1 aliphatic carbocycles. The molecular formula is C18H25N3O4. The molecule has 7 heteroatoms. The number of nitrogens with one attached hydrogen (secondary N) is 3. The number of hydrogen-bond acceptors (Lipinski definition) is 5. The number of benzene rings is 1. The molecule has 0 spiro atoms. The van der Waals surface area contributed by atoms with Crippen LogP contribution in [0.1, 0.15) is 19.8 Å². The molecule has 25 heavy (non-hydrogen) atoms. The number of amides is 2. The van der Waals surface area contributed by atoms with E-state index in [-0.39, 0.29) is 24.3 Å². The van der Waals surface area contributed by atoms with Gasteiger partial charge in [0.1, 0.15) is 0 Å². The molecule has 1 atom stereocenters. The SMILES string of the molecule is COc1ccc(NC(=O)C(C)C2CNC2)cc1OCC(=O)NC1CC1. The average molecular weight is 347 g/mol. The van der Waals surface area contributed by atoms with E-state index in [9.17, 15) is 9.59 Å². The highest BCUT2D eigenvalue weighted by molar-refractivity contribution is 5.93. The predicted octanol–water partition coefficient (Wildman–Crippen LogP) is 1.15. The number of hydrogen-bond donors (Lipinski definition) is 3. The van der Waals surface area contributed by atoms with Crippen LogP contribution in [0.4, 0.5) is 5.69 Å². The maximum Gasteiger partial charge on any atom is 0.258 e. The molecule has 3 rings (SSSR count). The van der Waals surface area contributed by atoms with Crippen molar-refractivity contribution in [3.8, 4) is 11.5 Å². The van der Waals surface area contributed by atoms with E-state index >= 15 is 0 Å². The fourth-order valence-electron chi connectivity index (χ4n) is 2.64. The first-order valence-electron chi connectivity index (χ1n) is 8.68. The standard InChI is InChI=1S/C18H25N3O4/c1-11(12-8-19-9-12)18(23)21-14-5-6-15(24-2)16(7-14)25-10-17(22)20-13-3-4-13/h5-7,11-13,19H,3-4,8-10H2,1-2H3,(H,20,22)(H,21,23). The van der Waals surface area contributed by atoms with Crippen molar-refractivity contribution in [2.24, 2.45) is 11.8 Å². The van der Waals surface area contributed by atoms with Crippen LogP contribution in [-0.4, -0.2) is 44.7 Å². The smallest absolute Gasteiger partial charge is 0.258 e. The van der Waals surface area contributed by atoms with Crippen LogP contribution in [0.15, 0.2) is 18.2 Å². The molecule has 1 heterocycles. The lowest BCUT2D eigenvalue weighted by Crippen LogP contribution is -2.48. The molecular weight excluding hydrogens is 322 g/mol. The quantitative estimate of drug-likeness (QED) is 0.656. The number of methoxy groups -OCH3 is 1. The van der Waals surface area contributed by atoms with Crippen LogP contribution in [0.5, 0.6) is 11.5 Å². The molecule has 2 fully saturated rings. The van der Waals surface area contributed by atoms with Crippen LogP contribution in [0.3, 0.4) is 0 Å². The highest BCUT2D eigenvalue weighted by Crippen LogP contribution is 2.31. The third-order valence-electron chi connectivity index (χ3n) is 4.67. The van der Waals surface area contributed by atoms with Gasteiger partial charge in [-0.05, 0) is 44.0 Å². The molecule has 1 aromatic rings. The van der Waals surface area contributed by atoms with Crippen molar-refractivity contribution in [1.82, 2.24) is 10.6 Å². The molecule has 2 amide bonds. The van der Waals surface area contributed by atoms with Gasteiger partial charge < -0.3 is 25.4 Å². The van der Waals surface area contributed by atoms with Crippen molar-refractivity contribution in [2.45, 2.75) is 25.8 Å². The Bertz CT molecular complexity index is 641. The summed E-state index contributed by atoms with van der Waals surface area (Å²) in [6, 6.07) is 5.47. The Balaban J connectivity index is 1.59. The Morgan fingerprint density at radius 3 is 2.64 bits per heavy atom. The molecule has 7 nitrogen and oxygen atoms in total. The molecule has 1 saturated carbocycles. The minimum atomic E-state index is -0.148. The Morgan fingerprint density at radius 2 is 2.04 bits per heavy atom. The lowest BCUT2D eigenvalue weighted by Gasteiger charge is -2.31. The molecule has 2 aliphatic rings. The van der Waals surface area contributed by atoms with Gasteiger partial charge in [0.25, 0.3) is 5.91 Å². The maximum atomic E-state index is 12.3. The molecule has 0 bridgehead atoms. The first-order chi connectivity index (χ1) is 12.1. The molecule has 1 unspecified atom stereocenters. The molecule has 0 aromatic heterocycles. The van der Waals surface area contributed by atoms with Crippen molar-refractivity contribution in [1.29, 1.82) is 0 Å². The monoisotopic (exact) mass is 347 g/mol. The van der Waals surface area contributed by atoms with Gasteiger partial charge in [0.2, 0.25) is 5.91 Å². The molecule has 136 valence electrons. The van der Waals surface area contributed by atoms with Gasteiger partial charge in [-0.25, -0.2) is 0 Å². The van der Waals surface area contributed by atoms with Gasteiger partial charge >= 0.3 is 0 Å². The molecule has 1 saturated heterocycles. The summed E-state index contributed by atoms with van der Waals surface area (Å²) < 4.78 is 10.8.